The fourth-order valence-corrected chi connectivity index (χ4v) is 2.54. The van der Waals surface area contributed by atoms with Crippen molar-refractivity contribution < 1.29 is 10.0 Å². The predicted octanol–water partition coefficient (Wildman–Crippen LogP) is 2.96. The molecule has 0 unspecified atom stereocenters. The number of benzene rings is 2. The summed E-state index contributed by atoms with van der Waals surface area (Å²) in [6.07, 6.45) is 0. The Morgan fingerprint density at radius 1 is 1.15 bits per heavy atom. The first-order chi connectivity index (χ1) is 9.60. The lowest BCUT2D eigenvalue weighted by atomic mass is 10.2. The maximum Gasteiger partial charge on any atom is 0.292 e. The van der Waals surface area contributed by atoms with Crippen molar-refractivity contribution in [1.29, 1.82) is 0 Å². The molecule has 0 spiro atoms. The van der Waals surface area contributed by atoms with Gasteiger partial charge >= 0.3 is 0 Å². The summed E-state index contributed by atoms with van der Waals surface area (Å²) in [4.78, 5) is 11.4. The Bertz CT molecular complexity index is 614. The molecule has 104 valence electrons. The smallest absolute Gasteiger partial charge is 0.292 e. The van der Waals surface area contributed by atoms with Gasteiger partial charge in [-0.3, -0.25) is 10.1 Å². The van der Waals surface area contributed by atoms with E-state index >= 15 is 0 Å². The van der Waals surface area contributed by atoms with E-state index in [0.29, 0.717) is 5.75 Å². The second kappa shape index (κ2) is 6.40. The molecule has 5 nitrogen and oxygen atoms in total. The van der Waals surface area contributed by atoms with E-state index in [4.69, 9.17) is 10.8 Å². The fraction of sp³-hybridized carbons (Fsp3) is 0.143. The zero-order chi connectivity index (χ0) is 14.5. The average Bonchev–Trinajstić information content (AvgIpc) is 2.46. The first kappa shape index (κ1) is 14.4. The van der Waals surface area contributed by atoms with Gasteiger partial charge in [-0.25, -0.2) is 0 Å². The van der Waals surface area contributed by atoms with Gasteiger partial charge in [-0.15, -0.1) is 11.8 Å². The monoisotopic (exact) mass is 290 g/mol. The zero-order valence-electron chi connectivity index (χ0n) is 10.7. The van der Waals surface area contributed by atoms with E-state index in [1.54, 1.807) is 23.9 Å². The van der Waals surface area contributed by atoms with Crippen molar-refractivity contribution in [2.45, 2.75) is 17.3 Å². The molecule has 0 heterocycles. The number of hydrogen-bond acceptors (Lipinski definition) is 5. The van der Waals surface area contributed by atoms with Crippen LogP contribution in [0.3, 0.4) is 0 Å². The molecule has 2 aromatic rings. The number of aliphatic hydroxyl groups excluding tert-OH is 1. The highest BCUT2D eigenvalue weighted by Gasteiger charge is 2.11. The molecule has 0 bridgehead atoms. The highest BCUT2D eigenvalue weighted by molar-refractivity contribution is 7.98. The number of rotatable bonds is 5. The summed E-state index contributed by atoms with van der Waals surface area (Å²) in [5.41, 5.74) is 7.39. The van der Waals surface area contributed by atoms with Crippen molar-refractivity contribution in [3.63, 3.8) is 0 Å². The molecule has 3 N–H and O–H groups in total. The van der Waals surface area contributed by atoms with Crippen LogP contribution in [0, 0.1) is 10.1 Å². The molecule has 0 saturated carbocycles. The number of nitrogens with zero attached hydrogens (tertiary/aromatic N) is 1. The van der Waals surface area contributed by atoms with Crippen LogP contribution in [-0.2, 0) is 12.4 Å². The van der Waals surface area contributed by atoms with Crippen LogP contribution >= 0.6 is 11.8 Å². The minimum absolute atomic E-state index is 0.0229. The largest absolute Gasteiger partial charge is 0.393 e. The van der Waals surface area contributed by atoms with E-state index in [1.165, 1.54) is 6.07 Å². The van der Waals surface area contributed by atoms with Gasteiger partial charge in [0.2, 0.25) is 0 Å². The summed E-state index contributed by atoms with van der Waals surface area (Å²) in [6, 6.07) is 12.4. The van der Waals surface area contributed by atoms with Crippen molar-refractivity contribution in [2.75, 3.05) is 5.73 Å². The molecule has 0 amide bonds. The molecule has 6 heteroatoms. The van der Waals surface area contributed by atoms with Crippen LogP contribution in [0.5, 0.6) is 0 Å². The second-order valence-electron chi connectivity index (χ2n) is 4.24. The Balaban J connectivity index is 2.06. The van der Waals surface area contributed by atoms with E-state index in [-0.39, 0.29) is 18.0 Å². The average molecular weight is 290 g/mol. The number of hydrogen-bond donors (Lipinski definition) is 2. The summed E-state index contributed by atoms with van der Waals surface area (Å²) in [5.74, 6) is 0.625. The van der Waals surface area contributed by atoms with Crippen LogP contribution in [0.15, 0.2) is 47.4 Å². The molecule has 0 aliphatic heterocycles. The molecule has 2 aromatic carbocycles. The number of nitro groups is 1. The van der Waals surface area contributed by atoms with Crippen LogP contribution in [0.25, 0.3) is 0 Å². The molecule has 0 radical (unpaired) electrons. The molecule has 0 saturated heterocycles. The molecule has 0 fully saturated rings. The standard InChI is InChI=1S/C14H14N2O3S/c15-13-6-3-11(7-14(13)16(18)19)9-20-12-4-1-10(8-17)2-5-12/h1-7,17H,8-9,15H2. The fourth-order valence-electron chi connectivity index (χ4n) is 1.69. The Morgan fingerprint density at radius 3 is 2.40 bits per heavy atom. The van der Waals surface area contributed by atoms with Crippen LogP contribution in [0.2, 0.25) is 0 Å². The number of nitrogens with two attached hydrogens (primary N) is 1. The third-order valence-corrected chi connectivity index (χ3v) is 3.89. The second-order valence-corrected chi connectivity index (χ2v) is 5.29. The first-order valence-electron chi connectivity index (χ1n) is 5.95. The molecule has 0 aliphatic carbocycles. The van der Waals surface area contributed by atoms with Crippen LogP contribution in [-0.4, -0.2) is 10.0 Å². The van der Waals surface area contributed by atoms with Crippen LogP contribution in [0.4, 0.5) is 11.4 Å². The number of nitro benzene ring substituents is 1. The zero-order valence-corrected chi connectivity index (χ0v) is 11.5. The summed E-state index contributed by atoms with van der Waals surface area (Å²) < 4.78 is 0. The normalized spacial score (nSPS) is 10.4. The van der Waals surface area contributed by atoms with E-state index in [2.05, 4.69) is 0 Å². The van der Waals surface area contributed by atoms with Gasteiger partial charge in [0.15, 0.2) is 0 Å². The van der Waals surface area contributed by atoms with E-state index in [0.717, 1.165) is 16.0 Å². The predicted molar refractivity (Wildman–Crippen MR) is 79.4 cm³/mol. The lowest BCUT2D eigenvalue weighted by molar-refractivity contribution is -0.383. The highest BCUT2D eigenvalue weighted by atomic mass is 32.2. The minimum Gasteiger partial charge on any atom is -0.393 e. The summed E-state index contributed by atoms with van der Waals surface area (Å²) >= 11 is 1.57. The van der Waals surface area contributed by atoms with Gasteiger partial charge in [0.25, 0.3) is 5.69 Å². The molecular weight excluding hydrogens is 276 g/mol. The van der Waals surface area contributed by atoms with Gasteiger partial charge in [0.05, 0.1) is 11.5 Å². The SMILES string of the molecule is Nc1ccc(CSc2ccc(CO)cc2)cc1[N+](=O)[O-]. The van der Waals surface area contributed by atoms with Gasteiger partial charge < -0.3 is 10.8 Å². The van der Waals surface area contributed by atoms with E-state index in [9.17, 15) is 10.1 Å². The molecular formula is C14H14N2O3S. The minimum atomic E-state index is -0.473. The van der Waals surface area contributed by atoms with Gasteiger partial charge in [-0.2, -0.15) is 0 Å². The lowest BCUT2D eigenvalue weighted by Crippen LogP contribution is -1.96. The van der Waals surface area contributed by atoms with Crippen LogP contribution < -0.4 is 5.73 Å². The number of aliphatic hydroxyl groups is 1. The summed E-state index contributed by atoms with van der Waals surface area (Å²) in [5, 5.41) is 19.8. The van der Waals surface area contributed by atoms with Crippen LogP contribution in [0.1, 0.15) is 11.1 Å². The maximum absolute atomic E-state index is 10.8. The lowest BCUT2D eigenvalue weighted by Gasteiger charge is -2.04. The number of thioether (sulfide) groups is 1. The molecule has 2 rings (SSSR count). The molecule has 0 aromatic heterocycles. The van der Waals surface area contributed by atoms with Gasteiger partial charge in [0, 0.05) is 16.7 Å². The maximum atomic E-state index is 10.8. The number of anilines is 1. The Hall–Kier alpha value is -2.05. The Kier molecular flexibility index (Phi) is 4.60. The number of nitrogen functional groups attached to an aromatic ring is 1. The molecule has 0 aliphatic rings. The molecule has 0 atom stereocenters. The first-order valence-corrected chi connectivity index (χ1v) is 6.94. The highest BCUT2D eigenvalue weighted by Crippen LogP contribution is 2.27. The van der Waals surface area contributed by atoms with Crippen molar-refractivity contribution >= 4 is 23.1 Å². The topological polar surface area (TPSA) is 89.4 Å². The van der Waals surface area contributed by atoms with E-state index in [1.807, 2.05) is 24.3 Å². The summed E-state index contributed by atoms with van der Waals surface area (Å²) in [6.45, 7) is 0.0229. The molecule has 20 heavy (non-hydrogen) atoms. The van der Waals surface area contributed by atoms with Crippen molar-refractivity contribution in [3.05, 3.63) is 63.7 Å². The Morgan fingerprint density at radius 2 is 1.80 bits per heavy atom. The van der Waals surface area contributed by atoms with Gasteiger partial charge in [0.1, 0.15) is 5.69 Å². The quantitative estimate of drug-likeness (QED) is 0.382. The summed E-state index contributed by atoms with van der Waals surface area (Å²) in [7, 11) is 0. The third kappa shape index (κ3) is 3.49. The van der Waals surface area contributed by atoms with Gasteiger partial charge in [-0.1, -0.05) is 18.2 Å². The van der Waals surface area contributed by atoms with Crippen molar-refractivity contribution in [1.82, 2.24) is 0 Å². The van der Waals surface area contributed by atoms with Crippen molar-refractivity contribution in [3.8, 4) is 0 Å². The van der Waals surface area contributed by atoms with Crippen molar-refractivity contribution in [2.24, 2.45) is 0 Å². The Labute approximate surface area is 120 Å². The van der Waals surface area contributed by atoms with E-state index < -0.39 is 4.92 Å². The van der Waals surface area contributed by atoms with Gasteiger partial charge in [-0.05, 0) is 29.3 Å². The third-order valence-electron chi connectivity index (χ3n) is 2.80.